The number of nitrogens with zero attached hydrogens (tertiary/aromatic N) is 2. The van der Waals surface area contributed by atoms with Crippen LogP contribution in [0.3, 0.4) is 0 Å². The molecule has 3 N–H and O–H groups in total. The number of likely N-dealkylation sites (tertiary alicyclic amines) is 1. The average Bonchev–Trinajstić information content (AvgIpc) is 2.70. The summed E-state index contributed by atoms with van der Waals surface area (Å²) in [6, 6.07) is 9.52. The van der Waals surface area contributed by atoms with Crippen molar-refractivity contribution < 1.29 is 9.90 Å². The molecular weight excluding hydrogens is 435 g/mol. The monoisotopic (exact) mass is 462 g/mol. The van der Waals surface area contributed by atoms with Crippen molar-refractivity contribution >= 4 is 35.0 Å². The fourth-order valence-electron chi connectivity index (χ4n) is 4.36. The quantitative estimate of drug-likeness (QED) is 0.518. The number of nitrogens with one attached hydrogen (secondary N) is 2. The Morgan fingerprint density at radius 1 is 1.26 bits per heavy atom. The molecule has 0 aliphatic carbocycles. The number of aryl methyl sites for hydroxylation is 2. The van der Waals surface area contributed by atoms with Gasteiger partial charge in [-0.25, -0.2) is 4.98 Å². The minimum atomic E-state index is -0.850. The third-order valence-corrected chi connectivity index (χ3v) is 6.36. The van der Waals surface area contributed by atoms with E-state index in [0.717, 1.165) is 62.5 Å². The van der Waals surface area contributed by atoms with Crippen LogP contribution in [0.5, 0.6) is 0 Å². The number of benzene rings is 1. The molecule has 2 aliphatic rings. The smallest absolute Gasteiger partial charge is 0.305 e. The van der Waals surface area contributed by atoms with Crippen LogP contribution in [-0.4, -0.2) is 53.2 Å². The second kappa shape index (κ2) is 10.2. The first-order chi connectivity index (χ1) is 15.0. The fourth-order valence-corrected chi connectivity index (χ4v) is 4.90. The van der Waals surface area contributed by atoms with Gasteiger partial charge in [-0.05, 0) is 67.6 Å². The molecule has 0 bridgehead atoms. The molecule has 8 heteroatoms. The van der Waals surface area contributed by atoms with Crippen LogP contribution in [0.1, 0.15) is 42.1 Å². The largest absolute Gasteiger partial charge is 0.481 e. The zero-order chi connectivity index (χ0) is 21.8. The van der Waals surface area contributed by atoms with Gasteiger partial charge in [-0.2, -0.15) is 0 Å². The topological polar surface area (TPSA) is 77.5 Å². The SMILES string of the molecule is O=C(O)C[C@H](NC1CN(CCCc2ccc3c(n2)NCCC3)C1)c1cc(Cl)cc(Cl)c1. The Morgan fingerprint density at radius 2 is 2.03 bits per heavy atom. The Bertz CT molecular complexity index is 914. The van der Waals surface area contributed by atoms with Crippen molar-refractivity contribution in [2.24, 2.45) is 0 Å². The number of carboxylic acids is 1. The van der Waals surface area contributed by atoms with Crippen molar-refractivity contribution in [2.45, 2.75) is 44.2 Å². The number of hydrogen-bond acceptors (Lipinski definition) is 5. The molecule has 0 spiro atoms. The molecule has 6 nitrogen and oxygen atoms in total. The Kier molecular flexibility index (Phi) is 7.33. The Hall–Kier alpha value is -1.86. The molecule has 0 amide bonds. The van der Waals surface area contributed by atoms with E-state index in [1.54, 1.807) is 18.2 Å². The lowest BCUT2D eigenvalue weighted by molar-refractivity contribution is -0.137. The molecule has 2 aliphatic heterocycles. The van der Waals surface area contributed by atoms with Gasteiger partial charge in [-0.1, -0.05) is 29.3 Å². The molecule has 166 valence electrons. The van der Waals surface area contributed by atoms with Crippen LogP contribution in [0.25, 0.3) is 0 Å². The zero-order valence-electron chi connectivity index (χ0n) is 17.4. The van der Waals surface area contributed by atoms with E-state index in [0.29, 0.717) is 10.0 Å². The number of carbonyl (C=O) groups is 1. The highest BCUT2D eigenvalue weighted by Crippen LogP contribution is 2.27. The highest BCUT2D eigenvalue weighted by atomic mass is 35.5. The zero-order valence-corrected chi connectivity index (χ0v) is 18.9. The minimum absolute atomic E-state index is 0.00873. The maximum absolute atomic E-state index is 11.3. The molecular formula is C23H28Cl2N4O2. The first-order valence-corrected chi connectivity index (χ1v) is 11.6. The molecule has 0 unspecified atom stereocenters. The van der Waals surface area contributed by atoms with Gasteiger partial charge in [0.2, 0.25) is 0 Å². The Morgan fingerprint density at radius 3 is 2.77 bits per heavy atom. The Balaban J connectivity index is 1.24. The molecule has 1 atom stereocenters. The van der Waals surface area contributed by atoms with Crippen molar-refractivity contribution in [2.75, 3.05) is 31.5 Å². The van der Waals surface area contributed by atoms with Gasteiger partial charge in [-0.15, -0.1) is 0 Å². The number of pyridine rings is 1. The number of aromatic nitrogens is 1. The number of carboxylic acid groups (broad SMARTS) is 1. The van der Waals surface area contributed by atoms with Gasteiger partial charge in [-0.3, -0.25) is 4.79 Å². The van der Waals surface area contributed by atoms with Crippen LogP contribution in [0, 0.1) is 0 Å². The van der Waals surface area contributed by atoms with Crippen molar-refractivity contribution in [3.63, 3.8) is 0 Å². The third-order valence-electron chi connectivity index (χ3n) is 5.92. The van der Waals surface area contributed by atoms with Gasteiger partial charge in [0.25, 0.3) is 0 Å². The van der Waals surface area contributed by atoms with Gasteiger partial charge in [0.1, 0.15) is 5.82 Å². The van der Waals surface area contributed by atoms with Crippen LogP contribution < -0.4 is 10.6 Å². The van der Waals surface area contributed by atoms with Crippen molar-refractivity contribution in [3.05, 3.63) is 57.2 Å². The molecule has 3 heterocycles. The predicted octanol–water partition coefficient (Wildman–Crippen LogP) is 4.17. The number of fused-ring (bicyclic) bond motifs is 1. The summed E-state index contributed by atoms with van der Waals surface area (Å²) in [7, 11) is 0. The van der Waals surface area contributed by atoms with Crippen LogP contribution in [0.15, 0.2) is 30.3 Å². The number of halogens is 2. The van der Waals surface area contributed by atoms with Crippen LogP contribution in [0.2, 0.25) is 10.0 Å². The van der Waals surface area contributed by atoms with Crippen LogP contribution in [0.4, 0.5) is 5.82 Å². The van der Waals surface area contributed by atoms with E-state index in [2.05, 4.69) is 27.7 Å². The Labute approximate surface area is 192 Å². The van der Waals surface area contributed by atoms with Gasteiger partial charge < -0.3 is 20.6 Å². The molecule has 0 radical (unpaired) electrons. The van der Waals surface area contributed by atoms with E-state index in [9.17, 15) is 9.90 Å². The number of anilines is 1. The van der Waals surface area contributed by atoms with Crippen molar-refractivity contribution in [3.8, 4) is 0 Å². The maximum atomic E-state index is 11.3. The summed E-state index contributed by atoms with van der Waals surface area (Å²) >= 11 is 12.2. The van der Waals surface area contributed by atoms with Crippen molar-refractivity contribution in [1.29, 1.82) is 0 Å². The number of aliphatic carboxylic acids is 1. The number of hydrogen-bond donors (Lipinski definition) is 3. The lowest BCUT2D eigenvalue weighted by atomic mass is 10.00. The van der Waals surface area contributed by atoms with Gasteiger partial charge in [0.05, 0.1) is 6.42 Å². The molecule has 1 saturated heterocycles. The van der Waals surface area contributed by atoms with E-state index < -0.39 is 5.97 Å². The van der Waals surface area contributed by atoms with Crippen molar-refractivity contribution in [1.82, 2.24) is 15.2 Å². The molecule has 0 saturated carbocycles. The standard InChI is InChI=1S/C23H28Cl2N4O2/c24-17-9-16(10-18(25)11-17)21(12-22(30)31)27-20-13-29(14-20)8-2-4-19-6-5-15-3-1-7-26-23(15)28-19/h5-6,9-11,20-21,27H,1-4,7-8,12-14H2,(H,26,28)(H,30,31)/t21-/m0/s1. The first kappa shape index (κ1) is 22.3. The predicted molar refractivity (Wildman–Crippen MR) is 124 cm³/mol. The summed E-state index contributed by atoms with van der Waals surface area (Å²) in [6.45, 7) is 3.83. The van der Waals surface area contributed by atoms with E-state index in [1.807, 2.05) is 0 Å². The lowest BCUT2D eigenvalue weighted by Crippen LogP contribution is -2.58. The molecule has 4 rings (SSSR count). The second-order valence-corrected chi connectivity index (χ2v) is 9.29. The highest BCUT2D eigenvalue weighted by Gasteiger charge is 2.29. The fraction of sp³-hybridized carbons (Fsp3) is 0.478. The summed E-state index contributed by atoms with van der Waals surface area (Å²) in [5, 5.41) is 17.2. The summed E-state index contributed by atoms with van der Waals surface area (Å²) in [6.07, 6.45) is 4.30. The summed E-state index contributed by atoms with van der Waals surface area (Å²) in [4.78, 5) is 18.5. The summed E-state index contributed by atoms with van der Waals surface area (Å²) < 4.78 is 0. The highest BCUT2D eigenvalue weighted by molar-refractivity contribution is 6.34. The van der Waals surface area contributed by atoms with E-state index >= 15 is 0 Å². The van der Waals surface area contributed by atoms with Gasteiger partial charge in [0, 0.05) is 47.5 Å². The molecule has 1 aromatic carbocycles. The summed E-state index contributed by atoms with van der Waals surface area (Å²) in [5.74, 6) is 0.208. The van der Waals surface area contributed by atoms with E-state index in [4.69, 9.17) is 28.2 Å². The van der Waals surface area contributed by atoms with Gasteiger partial charge >= 0.3 is 5.97 Å². The summed E-state index contributed by atoms with van der Waals surface area (Å²) in [5.41, 5.74) is 3.27. The lowest BCUT2D eigenvalue weighted by Gasteiger charge is -2.41. The second-order valence-electron chi connectivity index (χ2n) is 8.42. The number of rotatable bonds is 9. The molecule has 1 aromatic heterocycles. The molecule has 31 heavy (non-hydrogen) atoms. The first-order valence-electron chi connectivity index (χ1n) is 10.8. The van der Waals surface area contributed by atoms with Gasteiger partial charge in [0.15, 0.2) is 0 Å². The normalized spacial score (nSPS) is 17.5. The molecule has 2 aromatic rings. The molecule has 1 fully saturated rings. The third kappa shape index (κ3) is 6.10. The van der Waals surface area contributed by atoms with E-state index in [1.165, 1.54) is 12.0 Å². The van der Waals surface area contributed by atoms with E-state index in [-0.39, 0.29) is 18.5 Å². The van der Waals surface area contributed by atoms with Crippen LogP contribution >= 0.6 is 23.2 Å². The van der Waals surface area contributed by atoms with Crippen LogP contribution in [-0.2, 0) is 17.6 Å². The average molecular weight is 463 g/mol. The minimum Gasteiger partial charge on any atom is -0.481 e. The maximum Gasteiger partial charge on any atom is 0.305 e.